The van der Waals surface area contributed by atoms with Gasteiger partial charge in [-0.3, -0.25) is 0 Å². The number of carbonyl (C=O) groups is 1. The Bertz CT molecular complexity index is 1130. The molecule has 0 N–H and O–H groups in total. The molecule has 0 spiro atoms. The number of aldehydes is 1. The van der Waals surface area contributed by atoms with Crippen LogP contribution in [0, 0.1) is 23.2 Å². The van der Waals surface area contributed by atoms with Gasteiger partial charge in [-0.25, -0.2) is 0 Å². The second-order valence-electron chi connectivity index (χ2n) is 9.94. The number of allylic oxidation sites excluding steroid dienone is 4. The zero-order valence-corrected chi connectivity index (χ0v) is 22.2. The van der Waals surface area contributed by atoms with E-state index in [9.17, 15) is 10.1 Å². The Morgan fingerprint density at radius 3 is 2.83 bits per heavy atom. The molecule has 0 radical (unpaired) electrons. The van der Waals surface area contributed by atoms with Gasteiger partial charge in [0.1, 0.15) is 18.1 Å². The molecular weight excluding hydrogens is 452 g/mol. The minimum atomic E-state index is -0.0243. The van der Waals surface area contributed by atoms with Crippen molar-refractivity contribution in [3.8, 4) is 23.3 Å². The Kier molecular flexibility index (Phi) is 10.0. The van der Waals surface area contributed by atoms with Crippen LogP contribution in [0.15, 0.2) is 40.4 Å². The van der Waals surface area contributed by atoms with E-state index in [2.05, 4.69) is 49.2 Å². The number of aromatic nitrogens is 2. The Balaban J connectivity index is 1.79. The molecule has 36 heavy (non-hydrogen) atoms. The zero-order chi connectivity index (χ0) is 26.1. The number of rotatable bonds is 13. The summed E-state index contributed by atoms with van der Waals surface area (Å²) in [4.78, 5) is 18.0. The lowest BCUT2D eigenvalue weighted by Crippen LogP contribution is -2.25. The number of nitriles is 1. The van der Waals surface area contributed by atoms with Crippen molar-refractivity contribution in [3.05, 3.63) is 47.3 Å². The molecule has 0 saturated carbocycles. The average molecular weight is 491 g/mol. The first-order chi connectivity index (χ1) is 17.3. The quantitative estimate of drug-likeness (QED) is 0.315. The van der Waals surface area contributed by atoms with Crippen LogP contribution in [0.25, 0.3) is 17.0 Å². The van der Waals surface area contributed by atoms with Crippen molar-refractivity contribution in [3.63, 3.8) is 0 Å². The topological polar surface area (TPSA) is 92.3 Å². The van der Waals surface area contributed by atoms with Gasteiger partial charge in [0.05, 0.1) is 11.7 Å². The first-order valence-corrected chi connectivity index (χ1v) is 12.9. The van der Waals surface area contributed by atoms with Gasteiger partial charge in [-0.05, 0) is 88.7 Å². The first kappa shape index (κ1) is 27.3. The molecule has 0 aliphatic heterocycles. The van der Waals surface area contributed by atoms with E-state index in [0.29, 0.717) is 46.8 Å². The summed E-state index contributed by atoms with van der Waals surface area (Å²) < 4.78 is 11.4. The molecule has 1 aliphatic rings. The highest BCUT2D eigenvalue weighted by Gasteiger charge is 2.22. The molecule has 1 aliphatic carbocycles. The Morgan fingerprint density at radius 2 is 2.14 bits per heavy atom. The fraction of sp³-hybridized carbons (Fsp3) is 0.517. The third-order valence-corrected chi connectivity index (χ3v) is 6.53. The SMILES string of the molecule is CCN(C)CC(CCC=O)CCC1=CCC(C)C=C1c1noc(-c2ccc(OC(C)C)c(C#N)c2)n1. The minimum absolute atomic E-state index is 0.0243. The van der Waals surface area contributed by atoms with Crippen molar-refractivity contribution < 1.29 is 14.1 Å². The van der Waals surface area contributed by atoms with Crippen LogP contribution in [-0.4, -0.2) is 47.6 Å². The third-order valence-electron chi connectivity index (χ3n) is 6.53. The van der Waals surface area contributed by atoms with Crippen LogP contribution in [0.5, 0.6) is 5.75 Å². The van der Waals surface area contributed by atoms with Crippen LogP contribution in [0.1, 0.15) is 71.2 Å². The summed E-state index contributed by atoms with van der Waals surface area (Å²) in [6.45, 7) is 10.2. The van der Waals surface area contributed by atoms with Gasteiger partial charge in [0.2, 0.25) is 5.82 Å². The molecule has 192 valence electrons. The van der Waals surface area contributed by atoms with Gasteiger partial charge in [-0.15, -0.1) is 0 Å². The van der Waals surface area contributed by atoms with Gasteiger partial charge in [0, 0.05) is 24.1 Å². The number of benzene rings is 1. The monoisotopic (exact) mass is 490 g/mol. The molecule has 1 aromatic carbocycles. The van der Waals surface area contributed by atoms with Gasteiger partial charge < -0.3 is 19.0 Å². The number of nitrogens with zero attached hydrogens (tertiary/aromatic N) is 4. The van der Waals surface area contributed by atoms with Crippen LogP contribution in [0.3, 0.4) is 0 Å². The van der Waals surface area contributed by atoms with E-state index in [1.54, 1.807) is 12.1 Å². The van der Waals surface area contributed by atoms with Crippen molar-refractivity contribution >= 4 is 11.9 Å². The standard InChI is InChI=1S/C29H38N4O3/c1-6-33(5)19-22(8-7-15-34)10-12-23-11-9-21(4)16-26(23)28-31-29(36-32-28)24-13-14-27(35-20(2)3)25(17-24)18-30/h11,13-17,20-22H,6-10,12,19H2,1-5H3. The van der Waals surface area contributed by atoms with Crippen LogP contribution in [-0.2, 0) is 4.79 Å². The molecular formula is C29H38N4O3. The summed E-state index contributed by atoms with van der Waals surface area (Å²) in [5, 5.41) is 13.9. The normalized spacial score (nSPS) is 16.4. The van der Waals surface area contributed by atoms with E-state index >= 15 is 0 Å². The lowest BCUT2D eigenvalue weighted by molar-refractivity contribution is -0.108. The van der Waals surface area contributed by atoms with Crippen LogP contribution in [0.4, 0.5) is 0 Å². The molecule has 2 atom stereocenters. The highest BCUT2D eigenvalue weighted by molar-refractivity contribution is 5.77. The molecule has 3 rings (SSSR count). The Labute approximate surface area is 214 Å². The van der Waals surface area contributed by atoms with Crippen molar-refractivity contribution in [2.24, 2.45) is 11.8 Å². The highest BCUT2D eigenvalue weighted by Crippen LogP contribution is 2.35. The molecule has 7 heteroatoms. The maximum atomic E-state index is 11.0. The Hall–Kier alpha value is -3.24. The molecule has 7 nitrogen and oxygen atoms in total. The first-order valence-electron chi connectivity index (χ1n) is 12.9. The van der Waals surface area contributed by atoms with Gasteiger partial charge >= 0.3 is 0 Å². The highest BCUT2D eigenvalue weighted by atomic mass is 16.5. The van der Waals surface area contributed by atoms with Gasteiger partial charge in [-0.2, -0.15) is 10.2 Å². The predicted octanol–water partition coefficient (Wildman–Crippen LogP) is 6.07. The van der Waals surface area contributed by atoms with Crippen LogP contribution < -0.4 is 4.74 Å². The van der Waals surface area contributed by atoms with Crippen molar-refractivity contribution in [2.75, 3.05) is 20.1 Å². The molecule has 0 amide bonds. The average Bonchev–Trinajstić information content (AvgIpc) is 3.36. The minimum Gasteiger partial charge on any atom is -0.490 e. The molecule has 2 unspecified atom stereocenters. The summed E-state index contributed by atoms with van der Waals surface area (Å²) in [6, 6.07) is 7.54. The van der Waals surface area contributed by atoms with Crippen LogP contribution in [0.2, 0.25) is 0 Å². The maximum absolute atomic E-state index is 11.0. The predicted molar refractivity (Wildman–Crippen MR) is 141 cm³/mol. The third kappa shape index (κ3) is 7.38. The van der Waals surface area contributed by atoms with Crippen molar-refractivity contribution in [2.45, 2.75) is 65.9 Å². The van der Waals surface area contributed by atoms with Gasteiger partial charge in [-0.1, -0.05) is 31.2 Å². The van der Waals surface area contributed by atoms with Crippen LogP contribution >= 0.6 is 0 Å². The smallest absolute Gasteiger partial charge is 0.258 e. The summed E-state index contributed by atoms with van der Waals surface area (Å²) in [5.74, 6) is 2.34. The lowest BCUT2D eigenvalue weighted by Gasteiger charge is -2.24. The summed E-state index contributed by atoms with van der Waals surface area (Å²) in [5.41, 5.74) is 3.37. The van der Waals surface area contributed by atoms with E-state index in [1.807, 2.05) is 19.9 Å². The van der Waals surface area contributed by atoms with E-state index in [1.165, 1.54) is 5.57 Å². The van der Waals surface area contributed by atoms with Gasteiger partial charge in [0.25, 0.3) is 5.89 Å². The maximum Gasteiger partial charge on any atom is 0.258 e. The molecule has 1 aromatic heterocycles. The fourth-order valence-corrected chi connectivity index (χ4v) is 4.47. The largest absolute Gasteiger partial charge is 0.490 e. The van der Waals surface area contributed by atoms with Crippen molar-refractivity contribution in [1.29, 1.82) is 5.26 Å². The second-order valence-corrected chi connectivity index (χ2v) is 9.94. The fourth-order valence-electron chi connectivity index (χ4n) is 4.47. The summed E-state index contributed by atoms with van der Waals surface area (Å²) in [7, 11) is 2.13. The lowest BCUT2D eigenvalue weighted by atomic mass is 9.86. The number of carbonyl (C=O) groups excluding carboxylic acids is 1. The summed E-state index contributed by atoms with van der Waals surface area (Å²) >= 11 is 0. The van der Waals surface area contributed by atoms with E-state index in [0.717, 1.165) is 50.6 Å². The van der Waals surface area contributed by atoms with E-state index in [4.69, 9.17) is 14.2 Å². The number of hydrogen-bond acceptors (Lipinski definition) is 7. The van der Waals surface area contributed by atoms with E-state index < -0.39 is 0 Å². The molecule has 2 aromatic rings. The molecule has 1 heterocycles. The zero-order valence-electron chi connectivity index (χ0n) is 22.2. The Morgan fingerprint density at radius 1 is 1.33 bits per heavy atom. The molecule has 0 fully saturated rings. The molecule has 0 saturated heterocycles. The van der Waals surface area contributed by atoms with E-state index in [-0.39, 0.29) is 6.10 Å². The molecule has 0 bridgehead atoms. The van der Waals surface area contributed by atoms with Gasteiger partial charge in [0.15, 0.2) is 0 Å². The number of ether oxygens (including phenoxy) is 1. The van der Waals surface area contributed by atoms with Crippen molar-refractivity contribution in [1.82, 2.24) is 15.0 Å². The summed E-state index contributed by atoms with van der Waals surface area (Å²) in [6.07, 6.45) is 9.91. The number of hydrogen-bond donors (Lipinski definition) is 0. The second kappa shape index (κ2) is 13.2.